The van der Waals surface area contributed by atoms with E-state index < -0.39 is 5.97 Å². The van der Waals surface area contributed by atoms with E-state index >= 15 is 0 Å². The molecule has 2 atom stereocenters. The molecule has 16 heavy (non-hydrogen) atoms. The third kappa shape index (κ3) is 9.45. The first-order valence-corrected chi connectivity index (χ1v) is 5.66. The fourth-order valence-corrected chi connectivity index (χ4v) is 1.21. The van der Waals surface area contributed by atoms with Gasteiger partial charge >= 0.3 is 5.97 Å². The van der Waals surface area contributed by atoms with Gasteiger partial charge in [-0.05, 0) is 25.7 Å². The van der Waals surface area contributed by atoms with E-state index in [1.807, 2.05) is 13.8 Å². The van der Waals surface area contributed by atoms with Crippen LogP contribution in [0.3, 0.4) is 0 Å². The molecule has 1 amide bonds. The van der Waals surface area contributed by atoms with Crippen LogP contribution in [0.5, 0.6) is 0 Å². The highest BCUT2D eigenvalue weighted by Crippen LogP contribution is 2.04. The van der Waals surface area contributed by atoms with E-state index in [1.54, 1.807) is 0 Å². The number of nitrogens with one attached hydrogen (secondary N) is 1. The predicted octanol–water partition coefficient (Wildman–Crippen LogP) is 0.731. The Morgan fingerprint density at radius 2 is 1.88 bits per heavy atom. The Morgan fingerprint density at radius 3 is 2.38 bits per heavy atom. The van der Waals surface area contributed by atoms with Crippen LogP contribution in [-0.2, 0) is 9.59 Å². The Kier molecular flexibility index (Phi) is 7.54. The summed E-state index contributed by atoms with van der Waals surface area (Å²) in [7, 11) is 0. The molecule has 0 bridgehead atoms. The van der Waals surface area contributed by atoms with E-state index in [0.717, 1.165) is 0 Å². The summed E-state index contributed by atoms with van der Waals surface area (Å²) in [4.78, 5) is 21.6. The highest BCUT2D eigenvalue weighted by molar-refractivity contribution is 5.75. The highest BCUT2D eigenvalue weighted by atomic mass is 16.4. The molecule has 0 spiro atoms. The zero-order chi connectivity index (χ0) is 12.6. The SMILES string of the molecule is CC(N)CCC(=O)NCC(C)CCC(=O)O. The Balaban J connectivity index is 3.54. The maximum Gasteiger partial charge on any atom is 0.303 e. The molecule has 2 unspecified atom stereocenters. The van der Waals surface area contributed by atoms with Gasteiger partial charge in [-0.25, -0.2) is 0 Å². The van der Waals surface area contributed by atoms with Crippen molar-refractivity contribution in [2.24, 2.45) is 11.7 Å². The smallest absolute Gasteiger partial charge is 0.303 e. The van der Waals surface area contributed by atoms with E-state index in [0.29, 0.717) is 25.8 Å². The minimum absolute atomic E-state index is 0.0144. The lowest BCUT2D eigenvalue weighted by atomic mass is 10.1. The molecule has 0 aromatic carbocycles. The first-order chi connectivity index (χ1) is 7.41. The van der Waals surface area contributed by atoms with Crippen molar-refractivity contribution >= 4 is 11.9 Å². The summed E-state index contributed by atoms with van der Waals surface area (Å²) in [6.45, 7) is 4.32. The Hall–Kier alpha value is -1.10. The average molecular weight is 230 g/mol. The fourth-order valence-electron chi connectivity index (χ4n) is 1.21. The lowest BCUT2D eigenvalue weighted by molar-refractivity contribution is -0.137. The van der Waals surface area contributed by atoms with E-state index in [4.69, 9.17) is 10.8 Å². The molecule has 0 saturated carbocycles. The van der Waals surface area contributed by atoms with Gasteiger partial charge in [0, 0.05) is 25.4 Å². The second-order valence-corrected chi connectivity index (χ2v) is 4.36. The van der Waals surface area contributed by atoms with Crippen molar-refractivity contribution in [3.8, 4) is 0 Å². The van der Waals surface area contributed by atoms with Crippen LogP contribution >= 0.6 is 0 Å². The Bertz CT molecular complexity index is 229. The van der Waals surface area contributed by atoms with Gasteiger partial charge in [-0.15, -0.1) is 0 Å². The second kappa shape index (κ2) is 8.10. The van der Waals surface area contributed by atoms with Crippen LogP contribution in [0.1, 0.15) is 39.5 Å². The Morgan fingerprint density at radius 1 is 1.25 bits per heavy atom. The zero-order valence-corrected chi connectivity index (χ0v) is 10.0. The lowest BCUT2D eigenvalue weighted by Gasteiger charge is -2.11. The number of rotatable bonds is 8. The van der Waals surface area contributed by atoms with Crippen molar-refractivity contribution in [2.75, 3.05) is 6.54 Å². The van der Waals surface area contributed by atoms with Crippen molar-refractivity contribution in [3.05, 3.63) is 0 Å². The van der Waals surface area contributed by atoms with Crippen LogP contribution in [0.25, 0.3) is 0 Å². The molecule has 5 heteroatoms. The number of aliphatic carboxylic acids is 1. The van der Waals surface area contributed by atoms with Crippen LogP contribution in [0.4, 0.5) is 0 Å². The molecule has 0 rings (SSSR count). The van der Waals surface area contributed by atoms with Gasteiger partial charge < -0.3 is 16.2 Å². The average Bonchev–Trinajstić information content (AvgIpc) is 2.20. The predicted molar refractivity (Wildman–Crippen MR) is 61.9 cm³/mol. The molecule has 4 N–H and O–H groups in total. The Labute approximate surface area is 96.4 Å². The minimum atomic E-state index is -0.796. The van der Waals surface area contributed by atoms with Gasteiger partial charge in [0.25, 0.3) is 0 Å². The van der Waals surface area contributed by atoms with E-state index in [2.05, 4.69) is 5.32 Å². The first-order valence-electron chi connectivity index (χ1n) is 5.66. The van der Waals surface area contributed by atoms with Gasteiger partial charge in [0.1, 0.15) is 0 Å². The number of carboxylic acids is 1. The summed E-state index contributed by atoms with van der Waals surface area (Å²) in [6, 6.07) is 0.0372. The molecular formula is C11H22N2O3. The van der Waals surface area contributed by atoms with E-state index in [-0.39, 0.29) is 24.3 Å². The summed E-state index contributed by atoms with van der Waals surface area (Å²) in [5.41, 5.74) is 5.53. The quantitative estimate of drug-likeness (QED) is 0.573. The lowest BCUT2D eigenvalue weighted by Crippen LogP contribution is -2.29. The molecular weight excluding hydrogens is 208 g/mol. The first kappa shape index (κ1) is 14.9. The number of carboxylic acid groups (broad SMARTS) is 1. The molecule has 0 saturated heterocycles. The van der Waals surface area contributed by atoms with Crippen molar-refractivity contribution in [1.82, 2.24) is 5.32 Å². The third-order valence-corrected chi connectivity index (χ3v) is 2.33. The van der Waals surface area contributed by atoms with E-state index in [9.17, 15) is 9.59 Å². The van der Waals surface area contributed by atoms with Crippen molar-refractivity contribution in [3.63, 3.8) is 0 Å². The summed E-state index contributed by atoms with van der Waals surface area (Å²) >= 11 is 0. The summed E-state index contributed by atoms with van der Waals surface area (Å²) in [5, 5.41) is 11.3. The molecule has 0 aliphatic heterocycles. The number of carbonyl (C=O) groups excluding carboxylic acids is 1. The van der Waals surface area contributed by atoms with Crippen molar-refractivity contribution in [2.45, 2.75) is 45.6 Å². The van der Waals surface area contributed by atoms with Crippen LogP contribution in [0, 0.1) is 5.92 Å². The largest absolute Gasteiger partial charge is 0.481 e. The molecule has 0 aliphatic rings. The van der Waals surface area contributed by atoms with Gasteiger partial charge in [0.05, 0.1) is 0 Å². The second-order valence-electron chi connectivity index (χ2n) is 4.36. The number of carbonyl (C=O) groups is 2. The molecule has 94 valence electrons. The van der Waals surface area contributed by atoms with Gasteiger partial charge in [-0.3, -0.25) is 9.59 Å². The van der Waals surface area contributed by atoms with Crippen LogP contribution in [0.2, 0.25) is 0 Å². The molecule has 0 aromatic rings. The van der Waals surface area contributed by atoms with Gasteiger partial charge in [-0.2, -0.15) is 0 Å². The third-order valence-electron chi connectivity index (χ3n) is 2.33. The van der Waals surface area contributed by atoms with Crippen LogP contribution in [0.15, 0.2) is 0 Å². The molecule has 5 nitrogen and oxygen atoms in total. The fraction of sp³-hybridized carbons (Fsp3) is 0.818. The standard InChI is InChI=1S/C11H22N2O3/c1-8(3-6-11(15)16)7-13-10(14)5-4-9(2)12/h8-9H,3-7,12H2,1-2H3,(H,13,14)(H,15,16). The van der Waals surface area contributed by atoms with Crippen LogP contribution in [-0.4, -0.2) is 29.6 Å². The van der Waals surface area contributed by atoms with Gasteiger partial charge in [0.2, 0.25) is 5.91 Å². The molecule has 0 aliphatic carbocycles. The summed E-state index contributed by atoms with van der Waals surface area (Å²) in [5.74, 6) is -0.620. The number of hydrogen-bond acceptors (Lipinski definition) is 3. The maximum absolute atomic E-state index is 11.3. The zero-order valence-electron chi connectivity index (χ0n) is 10.0. The number of hydrogen-bond donors (Lipinski definition) is 3. The topological polar surface area (TPSA) is 92.4 Å². The maximum atomic E-state index is 11.3. The normalized spacial score (nSPS) is 14.2. The van der Waals surface area contributed by atoms with Crippen LogP contribution < -0.4 is 11.1 Å². The highest BCUT2D eigenvalue weighted by Gasteiger charge is 2.08. The molecule has 0 aromatic heterocycles. The van der Waals surface area contributed by atoms with Crippen molar-refractivity contribution in [1.29, 1.82) is 0 Å². The summed E-state index contributed by atoms with van der Waals surface area (Å²) in [6.07, 6.45) is 1.85. The van der Waals surface area contributed by atoms with E-state index in [1.165, 1.54) is 0 Å². The monoisotopic (exact) mass is 230 g/mol. The van der Waals surface area contributed by atoms with Gasteiger partial charge in [-0.1, -0.05) is 6.92 Å². The minimum Gasteiger partial charge on any atom is -0.481 e. The van der Waals surface area contributed by atoms with Crippen molar-refractivity contribution < 1.29 is 14.7 Å². The number of nitrogens with two attached hydrogens (primary N) is 1. The molecule has 0 fully saturated rings. The molecule has 0 radical (unpaired) electrons. The van der Waals surface area contributed by atoms with Gasteiger partial charge in [0.15, 0.2) is 0 Å². The molecule has 0 heterocycles. The summed E-state index contributed by atoms with van der Waals surface area (Å²) < 4.78 is 0. The number of amides is 1.